The van der Waals surface area contributed by atoms with E-state index in [0.717, 1.165) is 0 Å². The highest BCUT2D eigenvalue weighted by molar-refractivity contribution is 5.92. The molecule has 0 fully saturated rings. The number of hydrogen-bond acceptors (Lipinski definition) is 5. The van der Waals surface area contributed by atoms with Crippen LogP contribution in [0.15, 0.2) is 35.3 Å². The molecule has 0 heterocycles. The summed E-state index contributed by atoms with van der Waals surface area (Å²) in [5.74, 6) is -0.159. The van der Waals surface area contributed by atoms with Crippen LogP contribution in [0, 0.1) is 50.7 Å². The molecule has 3 N–H and O–H groups in total. The number of benzene rings is 1. The van der Waals surface area contributed by atoms with E-state index < -0.39 is 11.5 Å². The Morgan fingerprint density at radius 2 is 1.65 bits per heavy atom. The number of hydrogen-bond donors (Lipinski definition) is 2. The Morgan fingerprint density at radius 1 is 1.10 bits per heavy atom. The Hall–Kier alpha value is -3.55. The topological polar surface area (TPSA) is 146 Å². The van der Waals surface area contributed by atoms with Crippen LogP contribution in [0.4, 0.5) is 5.69 Å². The molecule has 7 nitrogen and oxygen atoms in total. The van der Waals surface area contributed by atoms with Crippen LogP contribution in [0.2, 0.25) is 0 Å². The quantitative estimate of drug-likeness (QED) is 0.610. The molecule has 0 amide bonds. The number of nitrogens with one attached hydrogen (secondary N) is 1. The van der Waals surface area contributed by atoms with Gasteiger partial charge in [0.2, 0.25) is 0 Å². The lowest BCUT2D eigenvalue weighted by Crippen LogP contribution is -2.33. The van der Waals surface area contributed by atoms with Gasteiger partial charge in [-0.2, -0.15) is 21.0 Å². The van der Waals surface area contributed by atoms with Crippen LogP contribution in [-0.2, 0) is 0 Å². The highest BCUT2D eigenvalue weighted by Crippen LogP contribution is 2.21. The van der Waals surface area contributed by atoms with Gasteiger partial charge in [0.15, 0.2) is 12.0 Å². The van der Waals surface area contributed by atoms with E-state index in [0.29, 0.717) is 5.69 Å². The zero-order valence-corrected chi connectivity index (χ0v) is 10.3. The van der Waals surface area contributed by atoms with Crippen molar-refractivity contribution in [3.63, 3.8) is 0 Å². The molecule has 1 aromatic rings. The fourth-order valence-corrected chi connectivity index (χ4v) is 1.32. The van der Waals surface area contributed by atoms with Gasteiger partial charge in [-0.25, -0.2) is 4.99 Å². The maximum Gasteiger partial charge on any atom is 0.263 e. The predicted molar refractivity (Wildman–Crippen MR) is 70.4 cm³/mol. The Balaban J connectivity index is 3.03. The molecule has 1 aromatic carbocycles. The van der Waals surface area contributed by atoms with Crippen LogP contribution in [0.3, 0.4) is 0 Å². The van der Waals surface area contributed by atoms with Gasteiger partial charge in [0.05, 0.1) is 6.07 Å². The van der Waals surface area contributed by atoms with Gasteiger partial charge in [0, 0.05) is 5.69 Å². The predicted octanol–water partition coefficient (Wildman–Crippen LogP) is 0.863. The molecular weight excluding hydrogens is 254 g/mol. The van der Waals surface area contributed by atoms with Crippen LogP contribution >= 0.6 is 0 Å². The highest BCUT2D eigenvalue weighted by atomic mass is 15.1. The summed E-state index contributed by atoms with van der Waals surface area (Å²) < 4.78 is 0. The van der Waals surface area contributed by atoms with Gasteiger partial charge >= 0.3 is 0 Å². The Bertz CT molecular complexity index is 628. The molecule has 0 aliphatic rings. The fraction of sp³-hybridized carbons (Fsp3) is 0.154. The van der Waals surface area contributed by atoms with Gasteiger partial charge in [-0.05, 0) is 12.1 Å². The van der Waals surface area contributed by atoms with E-state index >= 15 is 0 Å². The van der Waals surface area contributed by atoms with E-state index in [-0.39, 0.29) is 5.96 Å². The zero-order valence-electron chi connectivity index (χ0n) is 10.3. The third-order valence-electron chi connectivity index (χ3n) is 2.38. The van der Waals surface area contributed by atoms with Crippen molar-refractivity contribution in [2.75, 3.05) is 5.32 Å². The van der Waals surface area contributed by atoms with Crippen molar-refractivity contribution < 1.29 is 0 Å². The normalized spacial score (nSPS) is 12.1. The summed E-state index contributed by atoms with van der Waals surface area (Å²) in [5, 5.41) is 38.4. The van der Waals surface area contributed by atoms with Crippen LogP contribution in [0.5, 0.6) is 0 Å². The molecule has 0 saturated heterocycles. The van der Waals surface area contributed by atoms with Crippen molar-refractivity contribution in [1.29, 1.82) is 21.0 Å². The second-order valence-corrected chi connectivity index (χ2v) is 3.68. The fourth-order valence-electron chi connectivity index (χ4n) is 1.32. The molecule has 1 atom stereocenters. The van der Waals surface area contributed by atoms with Crippen LogP contribution in [-0.4, -0.2) is 12.0 Å². The first-order chi connectivity index (χ1) is 9.61. The third-order valence-corrected chi connectivity index (χ3v) is 2.38. The molecule has 1 unspecified atom stereocenters. The molecule has 20 heavy (non-hydrogen) atoms. The molecule has 0 bridgehead atoms. The molecule has 0 saturated carbocycles. The van der Waals surface area contributed by atoms with Gasteiger partial charge in [0.1, 0.15) is 18.2 Å². The van der Waals surface area contributed by atoms with Gasteiger partial charge in [-0.15, -0.1) is 0 Å². The number of guanidine groups is 1. The van der Waals surface area contributed by atoms with Gasteiger partial charge in [-0.1, -0.05) is 18.2 Å². The molecule has 0 aliphatic heterocycles. The maximum atomic E-state index is 8.98. The number of anilines is 1. The van der Waals surface area contributed by atoms with Crippen LogP contribution < -0.4 is 11.1 Å². The number of aliphatic imine (C=N–C) groups is 1. The summed E-state index contributed by atoms with van der Waals surface area (Å²) in [6.45, 7) is 0. The monoisotopic (exact) mass is 263 g/mol. The number of nitrogens with two attached hydrogens (primary N) is 1. The average Bonchev–Trinajstić information content (AvgIpc) is 2.49. The van der Waals surface area contributed by atoms with Gasteiger partial charge < -0.3 is 11.1 Å². The molecule has 1 rings (SSSR count). The average molecular weight is 263 g/mol. The molecular formula is C13H9N7. The minimum absolute atomic E-state index is 0.159. The summed E-state index contributed by atoms with van der Waals surface area (Å²) in [6, 6.07) is 13.4. The summed E-state index contributed by atoms with van der Waals surface area (Å²) in [6.07, 6.45) is 0. The number of nitrogens with zero attached hydrogens (tertiary/aromatic N) is 5. The Morgan fingerprint density at radius 3 is 2.10 bits per heavy atom. The summed E-state index contributed by atoms with van der Waals surface area (Å²) in [5.41, 5.74) is 4.05. The summed E-state index contributed by atoms with van der Waals surface area (Å²) in [7, 11) is 0. The SMILES string of the molecule is N#CC(N=C(N)Nc1ccccc1)C(C#N)(C#N)C#N. The van der Waals surface area contributed by atoms with Crippen LogP contribution in [0.25, 0.3) is 0 Å². The largest absolute Gasteiger partial charge is 0.370 e. The van der Waals surface area contributed by atoms with Gasteiger partial charge in [-0.3, -0.25) is 0 Å². The van der Waals surface area contributed by atoms with Crippen molar-refractivity contribution in [3.05, 3.63) is 30.3 Å². The van der Waals surface area contributed by atoms with Crippen LogP contribution in [0.1, 0.15) is 0 Å². The number of nitriles is 4. The van der Waals surface area contributed by atoms with Crippen molar-refractivity contribution >= 4 is 11.6 Å². The van der Waals surface area contributed by atoms with Crippen molar-refractivity contribution in [2.45, 2.75) is 6.04 Å². The first-order valence-electron chi connectivity index (χ1n) is 5.40. The van der Waals surface area contributed by atoms with E-state index in [9.17, 15) is 0 Å². The van der Waals surface area contributed by atoms with Crippen molar-refractivity contribution in [3.8, 4) is 24.3 Å². The van der Waals surface area contributed by atoms with Gasteiger partial charge in [0.25, 0.3) is 5.41 Å². The summed E-state index contributed by atoms with van der Waals surface area (Å²) >= 11 is 0. The lowest BCUT2D eigenvalue weighted by Gasteiger charge is -2.13. The molecule has 96 valence electrons. The number of rotatable bonds is 3. The smallest absolute Gasteiger partial charge is 0.263 e. The lowest BCUT2D eigenvalue weighted by atomic mass is 9.86. The Labute approximate surface area is 115 Å². The highest BCUT2D eigenvalue weighted by Gasteiger charge is 2.41. The second kappa shape index (κ2) is 6.40. The third kappa shape index (κ3) is 3.01. The minimum Gasteiger partial charge on any atom is -0.370 e. The summed E-state index contributed by atoms with van der Waals surface area (Å²) in [4.78, 5) is 3.73. The number of para-hydroxylation sites is 1. The zero-order chi connectivity index (χ0) is 15.0. The molecule has 0 aromatic heterocycles. The molecule has 0 aliphatic carbocycles. The van der Waals surface area contributed by atoms with Crippen molar-refractivity contribution in [2.24, 2.45) is 16.1 Å². The molecule has 0 radical (unpaired) electrons. The van der Waals surface area contributed by atoms with E-state index in [1.54, 1.807) is 30.3 Å². The molecule has 7 heteroatoms. The molecule has 0 spiro atoms. The van der Waals surface area contributed by atoms with E-state index in [2.05, 4.69) is 10.3 Å². The van der Waals surface area contributed by atoms with E-state index in [1.807, 2.05) is 6.07 Å². The van der Waals surface area contributed by atoms with E-state index in [1.165, 1.54) is 18.2 Å². The maximum absolute atomic E-state index is 8.98. The lowest BCUT2D eigenvalue weighted by molar-refractivity contribution is 0.600. The van der Waals surface area contributed by atoms with E-state index in [4.69, 9.17) is 26.8 Å². The second-order valence-electron chi connectivity index (χ2n) is 3.68. The first-order valence-corrected chi connectivity index (χ1v) is 5.40. The standard InChI is InChI=1S/C13H9N7/c14-6-11(13(7-15,8-16)9-17)20-12(18)19-10-4-2-1-3-5-10/h1-5,11H,(H3,18,19,20). The Kier molecular flexibility index (Phi) is 4.64. The van der Waals surface area contributed by atoms with Crippen molar-refractivity contribution in [1.82, 2.24) is 0 Å². The minimum atomic E-state index is -2.18. The first kappa shape index (κ1) is 14.5.